The van der Waals surface area contributed by atoms with E-state index in [4.69, 9.17) is 0 Å². The Morgan fingerprint density at radius 1 is 1.10 bits per heavy atom. The Morgan fingerprint density at radius 3 is 2.57 bits per heavy atom. The van der Waals surface area contributed by atoms with Crippen molar-refractivity contribution in [3.8, 4) is 0 Å². The van der Waals surface area contributed by atoms with E-state index in [-0.39, 0.29) is 0 Å². The van der Waals surface area contributed by atoms with Gasteiger partial charge in [-0.2, -0.15) is 0 Å². The summed E-state index contributed by atoms with van der Waals surface area (Å²) in [6.45, 7) is 0. The number of fused-ring (bicyclic) bond motifs is 2. The molecule has 3 heteroatoms. The van der Waals surface area contributed by atoms with Crippen LogP contribution in [0.2, 0.25) is 0 Å². The molecule has 2 aliphatic heterocycles. The molecule has 2 aliphatic rings. The first-order chi connectivity index (χ1) is 10.1. The first kappa shape index (κ1) is 14.6. The van der Waals surface area contributed by atoms with Crippen LogP contribution in [-0.4, -0.2) is 30.3 Å². The van der Waals surface area contributed by atoms with Crippen molar-refractivity contribution in [1.29, 1.82) is 0 Å². The number of benzene rings is 1. The highest BCUT2D eigenvalue weighted by Gasteiger charge is 2.30. The number of hydrogen-bond donors (Lipinski definition) is 1. The zero-order chi connectivity index (χ0) is 14.9. The summed E-state index contributed by atoms with van der Waals surface area (Å²) in [4.78, 5) is 4.11. The highest BCUT2D eigenvalue weighted by molar-refractivity contribution is 8.32. The van der Waals surface area contributed by atoms with E-state index in [1.807, 2.05) is 0 Å². The minimum Gasteiger partial charge on any atom is -0.390 e. The van der Waals surface area contributed by atoms with Crippen molar-refractivity contribution in [2.45, 2.75) is 30.6 Å². The third-order valence-corrected chi connectivity index (χ3v) is 7.00. The molecule has 2 heterocycles. The van der Waals surface area contributed by atoms with Crippen LogP contribution in [0.3, 0.4) is 0 Å². The van der Waals surface area contributed by atoms with Gasteiger partial charge in [-0.15, -0.1) is 0 Å². The minimum atomic E-state index is -0.810. The fourth-order valence-corrected chi connectivity index (χ4v) is 5.37. The van der Waals surface area contributed by atoms with Crippen molar-refractivity contribution >= 4 is 10.0 Å². The number of allylic oxidation sites excluding steroid dienone is 4. The molecule has 0 spiro atoms. The van der Waals surface area contributed by atoms with Crippen LogP contribution >= 0.6 is 10.0 Å². The van der Waals surface area contributed by atoms with E-state index in [9.17, 15) is 0 Å². The molecule has 0 aromatic heterocycles. The molecule has 0 saturated carbocycles. The number of nitrogens with zero attached hydrogens (tertiary/aromatic N) is 1. The van der Waals surface area contributed by atoms with Gasteiger partial charge in [0, 0.05) is 24.1 Å². The van der Waals surface area contributed by atoms with E-state index in [1.54, 1.807) is 5.70 Å². The molecule has 0 radical (unpaired) electrons. The molecule has 1 aromatic rings. The van der Waals surface area contributed by atoms with Gasteiger partial charge < -0.3 is 10.2 Å². The van der Waals surface area contributed by atoms with Crippen LogP contribution in [0.1, 0.15) is 25.7 Å². The smallest absolute Gasteiger partial charge is 0.0562 e. The summed E-state index contributed by atoms with van der Waals surface area (Å²) in [6, 6.07) is 11.0. The molecule has 114 valence electrons. The second-order valence-corrected chi connectivity index (χ2v) is 10.1. The molecule has 0 amide bonds. The van der Waals surface area contributed by atoms with E-state index in [0.29, 0.717) is 0 Å². The van der Waals surface area contributed by atoms with Gasteiger partial charge >= 0.3 is 0 Å². The van der Waals surface area contributed by atoms with Crippen LogP contribution in [0.5, 0.6) is 0 Å². The summed E-state index contributed by atoms with van der Waals surface area (Å²) in [7, 11) is 1.26. The van der Waals surface area contributed by atoms with Gasteiger partial charge in [-0.05, 0) is 43.1 Å². The van der Waals surface area contributed by atoms with E-state index in [0.717, 1.165) is 12.3 Å². The molecule has 1 fully saturated rings. The number of hydrogen-bond acceptors (Lipinski definition) is 2. The van der Waals surface area contributed by atoms with Crippen molar-refractivity contribution in [3.05, 3.63) is 53.5 Å². The highest BCUT2D eigenvalue weighted by Crippen LogP contribution is 2.52. The average molecular weight is 302 g/mol. The van der Waals surface area contributed by atoms with Gasteiger partial charge in [-0.1, -0.05) is 36.4 Å². The van der Waals surface area contributed by atoms with Crippen molar-refractivity contribution in [2.75, 3.05) is 25.4 Å². The summed E-state index contributed by atoms with van der Waals surface area (Å²) in [5.74, 6) is 1.14. The van der Waals surface area contributed by atoms with E-state index >= 15 is 0 Å². The lowest BCUT2D eigenvalue weighted by Gasteiger charge is -2.38. The zero-order valence-electron chi connectivity index (χ0n) is 13.4. The Bertz CT molecular complexity index is 572. The van der Waals surface area contributed by atoms with Crippen LogP contribution in [-0.2, 0) is 0 Å². The molecule has 0 unspecified atom stereocenters. The second kappa shape index (κ2) is 5.80. The highest BCUT2D eigenvalue weighted by atomic mass is 32.3. The first-order valence-electron chi connectivity index (χ1n) is 7.74. The minimum absolute atomic E-state index is 0.810. The topological polar surface area (TPSA) is 15.3 Å². The SMILES string of the molecule is CNC1=C2CCC(=CCC1)N2CS(C)(C)c1ccccc1. The molecule has 21 heavy (non-hydrogen) atoms. The monoisotopic (exact) mass is 302 g/mol. The lowest BCUT2D eigenvalue weighted by molar-refractivity contribution is 0.524. The second-order valence-electron chi connectivity index (χ2n) is 6.32. The Balaban J connectivity index is 1.90. The fourth-order valence-electron chi connectivity index (χ4n) is 3.36. The van der Waals surface area contributed by atoms with Gasteiger partial charge in [0.1, 0.15) is 0 Å². The van der Waals surface area contributed by atoms with Gasteiger partial charge in [0.25, 0.3) is 0 Å². The summed E-state index contributed by atoms with van der Waals surface area (Å²) in [6.07, 6.45) is 12.1. The van der Waals surface area contributed by atoms with Crippen LogP contribution < -0.4 is 5.32 Å². The lowest BCUT2D eigenvalue weighted by atomic mass is 10.1. The number of nitrogens with one attached hydrogen (secondary N) is 1. The predicted molar refractivity (Wildman–Crippen MR) is 93.5 cm³/mol. The molecule has 0 atom stereocenters. The van der Waals surface area contributed by atoms with Gasteiger partial charge in [0.15, 0.2) is 0 Å². The Morgan fingerprint density at radius 2 is 1.86 bits per heavy atom. The summed E-state index contributed by atoms with van der Waals surface area (Å²) < 4.78 is 0. The van der Waals surface area contributed by atoms with Crippen molar-refractivity contribution in [1.82, 2.24) is 10.2 Å². The van der Waals surface area contributed by atoms with E-state index in [1.165, 1.54) is 35.6 Å². The Labute approximate surface area is 130 Å². The molecule has 3 rings (SSSR count). The van der Waals surface area contributed by atoms with Gasteiger partial charge in [0.05, 0.1) is 5.88 Å². The summed E-state index contributed by atoms with van der Waals surface area (Å²) in [5, 5.41) is 3.44. The van der Waals surface area contributed by atoms with Crippen LogP contribution in [0.15, 0.2) is 58.4 Å². The third kappa shape index (κ3) is 2.84. The van der Waals surface area contributed by atoms with Crippen molar-refractivity contribution in [3.63, 3.8) is 0 Å². The maximum Gasteiger partial charge on any atom is 0.0562 e. The molecular formula is C18H26N2S. The summed E-state index contributed by atoms with van der Waals surface area (Å²) >= 11 is 0. The summed E-state index contributed by atoms with van der Waals surface area (Å²) in [5.41, 5.74) is 4.53. The quantitative estimate of drug-likeness (QED) is 0.893. The Hall–Kier alpha value is -1.35. The van der Waals surface area contributed by atoms with Gasteiger partial charge in [-0.25, -0.2) is 10.0 Å². The largest absolute Gasteiger partial charge is 0.390 e. The van der Waals surface area contributed by atoms with Gasteiger partial charge in [0.2, 0.25) is 0 Å². The van der Waals surface area contributed by atoms with Gasteiger partial charge in [-0.3, -0.25) is 0 Å². The molecule has 1 saturated heterocycles. The van der Waals surface area contributed by atoms with Crippen molar-refractivity contribution < 1.29 is 0 Å². The van der Waals surface area contributed by atoms with Crippen molar-refractivity contribution in [2.24, 2.45) is 0 Å². The molecule has 0 aliphatic carbocycles. The standard InChI is InChI=1S/C18H26N2S/c1-19-17-11-7-8-15-12-13-18(17)20(15)14-21(2,3)16-9-5-4-6-10-16/h4-6,8-10,19H,7,11-14H2,1-3H3. The lowest BCUT2D eigenvalue weighted by Crippen LogP contribution is -2.24. The van der Waals surface area contributed by atoms with Crippen LogP contribution in [0.4, 0.5) is 0 Å². The predicted octanol–water partition coefficient (Wildman–Crippen LogP) is 4.27. The molecular weight excluding hydrogens is 276 g/mol. The van der Waals surface area contributed by atoms with Crippen LogP contribution in [0, 0.1) is 0 Å². The van der Waals surface area contributed by atoms with Crippen LogP contribution in [0.25, 0.3) is 0 Å². The number of rotatable bonds is 4. The first-order valence-corrected chi connectivity index (χ1v) is 10.4. The normalized spacial score (nSPS) is 19.4. The Kier molecular flexibility index (Phi) is 4.03. The van der Waals surface area contributed by atoms with E-state index in [2.05, 4.69) is 66.2 Å². The maximum atomic E-state index is 3.44. The molecule has 2 bridgehead atoms. The van der Waals surface area contributed by atoms with E-state index < -0.39 is 10.0 Å². The zero-order valence-corrected chi connectivity index (χ0v) is 14.2. The average Bonchev–Trinajstić information content (AvgIpc) is 2.76. The maximum absolute atomic E-state index is 3.44. The molecule has 2 nitrogen and oxygen atoms in total. The molecule has 1 N–H and O–H groups in total. The molecule has 1 aromatic carbocycles. The fraction of sp³-hybridized carbons (Fsp3) is 0.444. The third-order valence-electron chi connectivity index (χ3n) is 4.55.